The number of H-pyrrole nitrogens is 1. The van der Waals surface area contributed by atoms with Crippen molar-refractivity contribution in [2.24, 2.45) is 0 Å². The van der Waals surface area contributed by atoms with Crippen molar-refractivity contribution < 1.29 is 9.53 Å². The van der Waals surface area contributed by atoms with Gasteiger partial charge < -0.3 is 15.0 Å². The summed E-state index contributed by atoms with van der Waals surface area (Å²) in [4.78, 5) is 19.3. The molecule has 2 N–H and O–H groups in total. The van der Waals surface area contributed by atoms with Crippen LogP contribution in [-0.2, 0) is 6.54 Å². The Labute approximate surface area is 122 Å². The van der Waals surface area contributed by atoms with Crippen LogP contribution in [0.1, 0.15) is 16.1 Å². The fraction of sp³-hybridized carbons (Fsp3) is 0.125. The molecule has 0 saturated carbocycles. The standard InChI is InChI=1S/C16H15N3O2/c1-21-15-7-6-11(9-17-15)10-18-16(20)14-8-12-4-2-3-5-13(12)19-14/h2-9,19H,10H2,1H3,(H,18,20). The van der Waals surface area contributed by atoms with Crippen molar-refractivity contribution in [2.75, 3.05) is 7.11 Å². The molecular weight excluding hydrogens is 266 g/mol. The molecule has 5 heteroatoms. The lowest BCUT2D eigenvalue weighted by Crippen LogP contribution is -2.23. The molecule has 2 heterocycles. The number of rotatable bonds is 4. The van der Waals surface area contributed by atoms with E-state index in [0.29, 0.717) is 18.1 Å². The van der Waals surface area contributed by atoms with E-state index in [-0.39, 0.29) is 5.91 Å². The minimum absolute atomic E-state index is 0.137. The largest absolute Gasteiger partial charge is 0.481 e. The van der Waals surface area contributed by atoms with E-state index >= 15 is 0 Å². The van der Waals surface area contributed by atoms with Crippen LogP contribution in [-0.4, -0.2) is 23.0 Å². The van der Waals surface area contributed by atoms with E-state index in [2.05, 4.69) is 15.3 Å². The van der Waals surface area contributed by atoms with E-state index in [0.717, 1.165) is 16.5 Å². The predicted molar refractivity (Wildman–Crippen MR) is 80.3 cm³/mol. The van der Waals surface area contributed by atoms with E-state index in [1.807, 2.05) is 36.4 Å². The Kier molecular flexibility index (Phi) is 3.55. The first-order chi connectivity index (χ1) is 10.3. The minimum atomic E-state index is -0.137. The molecule has 2 aromatic heterocycles. The number of benzene rings is 1. The Balaban J connectivity index is 1.68. The third kappa shape index (κ3) is 2.86. The van der Waals surface area contributed by atoms with Crippen LogP contribution in [0.15, 0.2) is 48.7 Å². The van der Waals surface area contributed by atoms with E-state index in [4.69, 9.17) is 4.74 Å². The highest BCUT2D eigenvalue weighted by Gasteiger charge is 2.08. The lowest BCUT2D eigenvalue weighted by atomic mass is 10.2. The van der Waals surface area contributed by atoms with Gasteiger partial charge in [-0.3, -0.25) is 4.79 Å². The summed E-state index contributed by atoms with van der Waals surface area (Å²) in [6.45, 7) is 0.422. The number of ether oxygens (including phenoxy) is 1. The topological polar surface area (TPSA) is 67.0 Å². The number of aromatic nitrogens is 2. The smallest absolute Gasteiger partial charge is 0.267 e. The molecule has 0 aliphatic rings. The minimum Gasteiger partial charge on any atom is -0.481 e. The third-order valence-corrected chi connectivity index (χ3v) is 3.23. The number of pyridine rings is 1. The van der Waals surface area contributed by atoms with Gasteiger partial charge >= 0.3 is 0 Å². The molecule has 0 fully saturated rings. The Morgan fingerprint density at radius 2 is 2.14 bits per heavy atom. The Morgan fingerprint density at radius 1 is 1.29 bits per heavy atom. The maximum atomic E-state index is 12.1. The van der Waals surface area contributed by atoms with Crippen molar-refractivity contribution in [1.29, 1.82) is 0 Å². The van der Waals surface area contributed by atoms with Crippen LogP contribution in [0.5, 0.6) is 5.88 Å². The van der Waals surface area contributed by atoms with Gasteiger partial charge in [-0.2, -0.15) is 0 Å². The summed E-state index contributed by atoms with van der Waals surface area (Å²) in [6, 6.07) is 13.3. The predicted octanol–water partition coefficient (Wildman–Crippen LogP) is 2.50. The van der Waals surface area contributed by atoms with Crippen molar-refractivity contribution in [1.82, 2.24) is 15.3 Å². The summed E-state index contributed by atoms with van der Waals surface area (Å²) >= 11 is 0. The normalized spacial score (nSPS) is 10.5. The van der Waals surface area contributed by atoms with Gasteiger partial charge in [-0.25, -0.2) is 4.98 Å². The summed E-state index contributed by atoms with van der Waals surface area (Å²) in [5.74, 6) is 0.419. The molecule has 5 nitrogen and oxygen atoms in total. The zero-order chi connectivity index (χ0) is 14.7. The summed E-state index contributed by atoms with van der Waals surface area (Å²) < 4.78 is 4.99. The summed E-state index contributed by atoms with van der Waals surface area (Å²) in [6.07, 6.45) is 1.68. The highest BCUT2D eigenvalue weighted by Crippen LogP contribution is 2.14. The van der Waals surface area contributed by atoms with Crippen molar-refractivity contribution in [2.45, 2.75) is 6.54 Å². The van der Waals surface area contributed by atoms with Gasteiger partial charge in [0.1, 0.15) is 5.69 Å². The highest BCUT2D eigenvalue weighted by molar-refractivity contribution is 5.97. The van der Waals surface area contributed by atoms with Gasteiger partial charge in [0.05, 0.1) is 7.11 Å². The fourth-order valence-corrected chi connectivity index (χ4v) is 2.11. The molecule has 1 amide bonds. The monoisotopic (exact) mass is 281 g/mol. The SMILES string of the molecule is COc1ccc(CNC(=O)c2cc3ccccc3[nH]2)cn1. The van der Waals surface area contributed by atoms with Gasteiger partial charge in [0.25, 0.3) is 5.91 Å². The van der Waals surface area contributed by atoms with Crippen LogP contribution in [0.25, 0.3) is 10.9 Å². The second-order valence-electron chi connectivity index (χ2n) is 4.66. The van der Waals surface area contributed by atoms with Crippen LogP contribution in [0.2, 0.25) is 0 Å². The van der Waals surface area contributed by atoms with E-state index in [1.165, 1.54) is 0 Å². The summed E-state index contributed by atoms with van der Waals surface area (Å²) in [5.41, 5.74) is 2.42. The number of carbonyl (C=O) groups excluding carboxylic acids is 1. The van der Waals surface area contributed by atoms with Crippen molar-refractivity contribution in [3.8, 4) is 5.88 Å². The van der Waals surface area contributed by atoms with Crippen molar-refractivity contribution >= 4 is 16.8 Å². The Hall–Kier alpha value is -2.82. The summed E-state index contributed by atoms with van der Waals surface area (Å²) in [5, 5.41) is 3.88. The van der Waals surface area contributed by atoms with Crippen molar-refractivity contribution in [3.63, 3.8) is 0 Å². The Bertz CT molecular complexity index is 730. The van der Waals surface area contributed by atoms with E-state index in [9.17, 15) is 4.79 Å². The molecule has 0 spiro atoms. The van der Waals surface area contributed by atoms with Crippen LogP contribution in [0, 0.1) is 0 Å². The van der Waals surface area contributed by atoms with E-state index < -0.39 is 0 Å². The first-order valence-corrected chi connectivity index (χ1v) is 6.61. The molecule has 106 valence electrons. The van der Waals surface area contributed by atoms with Gasteiger partial charge in [0.2, 0.25) is 5.88 Å². The molecular formula is C16H15N3O2. The average Bonchev–Trinajstić information content (AvgIpc) is 2.97. The molecule has 0 bridgehead atoms. The highest BCUT2D eigenvalue weighted by atomic mass is 16.5. The quantitative estimate of drug-likeness (QED) is 0.772. The number of aromatic amines is 1. The van der Waals surface area contributed by atoms with Crippen LogP contribution in [0.4, 0.5) is 0 Å². The van der Waals surface area contributed by atoms with Gasteiger partial charge in [-0.05, 0) is 17.7 Å². The molecule has 0 saturated heterocycles. The van der Waals surface area contributed by atoms with Crippen molar-refractivity contribution in [3.05, 3.63) is 59.9 Å². The second-order valence-corrected chi connectivity index (χ2v) is 4.66. The molecule has 21 heavy (non-hydrogen) atoms. The summed E-state index contributed by atoms with van der Waals surface area (Å²) in [7, 11) is 1.57. The zero-order valence-electron chi connectivity index (χ0n) is 11.6. The number of methoxy groups -OCH3 is 1. The third-order valence-electron chi connectivity index (χ3n) is 3.23. The first-order valence-electron chi connectivity index (χ1n) is 6.61. The van der Waals surface area contributed by atoms with E-state index in [1.54, 1.807) is 19.4 Å². The number of hydrogen-bond donors (Lipinski definition) is 2. The maximum absolute atomic E-state index is 12.1. The number of fused-ring (bicyclic) bond motifs is 1. The van der Waals surface area contributed by atoms with Crippen LogP contribution in [0.3, 0.4) is 0 Å². The first kappa shape index (κ1) is 13.2. The molecule has 1 aromatic carbocycles. The molecule has 3 rings (SSSR count). The molecule has 0 atom stereocenters. The van der Waals surface area contributed by atoms with Gasteiger partial charge in [0.15, 0.2) is 0 Å². The average molecular weight is 281 g/mol. The van der Waals surface area contributed by atoms with Gasteiger partial charge in [-0.1, -0.05) is 24.3 Å². The lowest BCUT2D eigenvalue weighted by Gasteiger charge is -2.04. The molecule has 3 aromatic rings. The zero-order valence-corrected chi connectivity index (χ0v) is 11.6. The molecule has 0 aliphatic carbocycles. The number of amides is 1. The number of carbonyl (C=O) groups is 1. The fourth-order valence-electron chi connectivity index (χ4n) is 2.11. The number of nitrogens with one attached hydrogen (secondary N) is 2. The molecule has 0 aliphatic heterocycles. The number of para-hydroxylation sites is 1. The van der Waals surface area contributed by atoms with Gasteiger partial charge in [0, 0.05) is 29.7 Å². The number of hydrogen-bond acceptors (Lipinski definition) is 3. The molecule has 0 unspecified atom stereocenters. The maximum Gasteiger partial charge on any atom is 0.267 e. The molecule has 0 radical (unpaired) electrons. The van der Waals surface area contributed by atoms with Gasteiger partial charge in [-0.15, -0.1) is 0 Å². The number of nitrogens with zero attached hydrogens (tertiary/aromatic N) is 1. The Morgan fingerprint density at radius 3 is 2.86 bits per heavy atom. The van der Waals surface area contributed by atoms with Crippen LogP contribution >= 0.6 is 0 Å². The lowest BCUT2D eigenvalue weighted by molar-refractivity contribution is 0.0946. The van der Waals surface area contributed by atoms with Crippen LogP contribution < -0.4 is 10.1 Å². The second kappa shape index (κ2) is 5.66.